The van der Waals surface area contributed by atoms with Crippen LogP contribution in [0, 0.1) is 0 Å². The summed E-state index contributed by atoms with van der Waals surface area (Å²) in [5, 5.41) is 18.8. The van der Waals surface area contributed by atoms with E-state index in [9.17, 15) is 10.2 Å². The summed E-state index contributed by atoms with van der Waals surface area (Å²) in [6, 6.07) is 0. The minimum Gasteiger partial charge on any atom is -0.853 e. The molecule has 0 aromatic heterocycles. The van der Waals surface area contributed by atoms with E-state index in [0.717, 1.165) is 0 Å². The van der Waals surface area contributed by atoms with E-state index in [1.54, 1.807) is 0 Å². The molecule has 0 aromatic rings. The van der Waals surface area contributed by atoms with E-state index in [0.29, 0.717) is 13.2 Å². The largest absolute Gasteiger partial charge is 2.00 e. The molecular weight excluding hydrogens is 195 g/mol. The van der Waals surface area contributed by atoms with Gasteiger partial charge in [0.2, 0.25) is 0 Å². The van der Waals surface area contributed by atoms with Gasteiger partial charge in [-0.15, -0.1) is 13.2 Å². The van der Waals surface area contributed by atoms with E-state index in [4.69, 9.17) is 0 Å². The molecule has 0 saturated heterocycles. The summed E-state index contributed by atoms with van der Waals surface area (Å²) in [7, 11) is 3.02. The van der Waals surface area contributed by atoms with Gasteiger partial charge in [-0.25, -0.2) is 0 Å². The first-order valence-electron chi connectivity index (χ1n) is 2.97. The zero-order valence-corrected chi connectivity index (χ0v) is 7.84. The molecule has 71 valence electrons. The van der Waals surface area contributed by atoms with Gasteiger partial charge in [0.1, 0.15) is 0 Å². The number of hydrogen-bond donors (Lipinski definition) is 0. The molecule has 0 aliphatic rings. The van der Waals surface area contributed by atoms with Crippen LogP contribution in [-0.2, 0) is 26.3 Å². The number of rotatable bonds is 4. The maximum absolute atomic E-state index is 9.40. The van der Waals surface area contributed by atoms with Gasteiger partial charge in [0.25, 0.3) is 0 Å². The maximum Gasteiger partial charge on any atom is 2.00 e. The Morgan fingerprint density at radius 2 is 1.18 bits per heavy atom. The molecule has 0 bridgehead atoms. The van der Waals surface area contributed by atoms with Crippen LogP contribution in [0.2, 0.25) is 0 Å². The normalized spacial score (nSPS) is 7.64. The van der Waals surface area contributed by atoms with E-state index >= 15 is 0 Å². The summed E-state index contributed by atoms with van der Waals surface area (Å²) in [5.74, 6) is 0. The van der Waals surface area contributed by atoms with E-state index in [1.807, 2.05) is 0 Å². The van der Waals surface area contributed by atoms with Gasteiger partial charge in [0, 0.05) is 27.4 Å². The minimum absolute atomic E-state index is 0. The first kappa shape index (κ1) is 17.4. The fourth-order valence-electron chi connectivity index (χ4n) is 0.167. The van der Waals surface area contributed by atoms with Crippen molar-refractivity contribution in [1.82, 2.24) is 0 Å². The number of ether oxygens (including phenoxy) is 2. The van der Waals surface area contributed by atoms with Crippen molar-refractivity contribution in [2.24, 2.45) is 0 Å². The van der Waals surface area contributed by atoms with E-state index < -0.39 is 0 Å². The Morgan fingerprint density at radius 1 is 0.909 bits per heavy atom. The third-order valence-corrected chi connectivity index (χ3v) is 0.575. The zero-order chi connectivity index (χ0) is 8.24. The predicted octanol–water partition coefficient (Wildman–Crippen LogP) is -2.02. The van der Waals surface area contributed by atoms with Crippen molar-refractivity contribution >= 4 is 0 Å². The maximum atomic E-state index is 9.40. The fourth-order valence-corrected chi connectivity index (χ4v) is 0.167. The Morgan fingerprint density at radius 3 is 1.18 bits per heavy atom. The molecule has 0 saturated carbocycles. The van der Waals surface area contributed by atoms with Crippen molar-refractivity contribution in [3.8, 4) is 0 Å². The van der Waals surface area contributed by atoms with Gasteiger partial charge < -0.3 is 19.7 Å². The van der Waals surface area contributed by atoms with Crippen LogP contribution in [-0.4, -0.2) is 40.6 Å². The smallest absolute Gasteiger partial charge is 0.853 e. The molecule has 0 N–H and O–H groups in total. The van der Waals surface area contributed by atoms with Crippen LogP contribution in [0.3, 0.4) is 0 Å². The van der Waals surface area contributed by atoms with Gasteiger partial charge >= 0.3 is 16.8 Å². The molecule has 0 aromatic carbocycles. The van der Waals surface area contributed by atoms with E-state index in [2.05, 4.69) is 9.47 Å². The topological polar surface area (TPSA) is 64.6 Å². The first-order valence-corrected chi connectivity index (χ1v) is 2.97. The summed E-state index contributed by atoms with van der Waals surface area (Å²) >= 11 is 0. The standard InChI is InChI=1S/2C3H7O2.Co/c2*1-5-3-2-4;/h2*2-3H2,1H3;/q2*-1;+2. The second kappa shape index (κ2) is 22.4. The van der Waals surface area contributed by atoms with Crippen LogP contribution >= 0.6 is 0 Å². The van der Waals surface area contributed by atoms with Crippen LogP contribution < -0.4 is 10.2 Å². The Balaban J connectivity index is -0.000000107. The Labute approximate surface area is 77.7 Å². The molecule has 0 fully saturated rings. The molecule has 0 unspecified atom stereocenters. The first-order chi connectivity index (χ1) is 4.83. The fraction of sp³-hybridized carbons (Fsp3) is 1.00. The molecule has 0 amide bonds. The van der Waals surface area contributed by atoms with Gasteiger partial charge in [-0.1, -0.05) is 0 Å². The van der Waals surface area contributed by atoms with Gasteiger partial charge in [-0.3, -0.25) is 0 Å². The molecule has 0 spiro atoms. The Hall–Kier alpha value is 0.346. The average Bonchev–Trinajstić information content (AvgIpc) is 1.93. The molecule has 0 rings (SSSR count). The van der Waals surface area contributed by atoms with Crippen LogP contribution in [0.4, 0.5) is 0 Å². The predicted molar refractivity (Wildman–Crippen MR) is 33.5 cm³/mol. The number of methoxy groups -OCH3 is 2. The summed E-state index contributed by atoms with van der Waals surface area (Å²) in [4.78, 5) is 0. The van der Waals surface area contributed by atoms with Gasteiger partial charge in [-0.05, 0) is 0 Å². The molecule has 0 aliphatic carbocycles. The summed E-state index contributed by atoms with van der Waals surface area (Å²) in [6.07, 6.45) is 0. The van der Waals surface area contributed by atoms with E-state index in [-0.39, 0.29) is 30.0 Å². The van der Waals surface area contributed by atoms with Crippen molar-refractivity contribution < 1.29 is 36.5 Å². The van der Waals surface area contributed by atoms with Crippen molar-refractivity contribution in [2.75, 3.05) is 40.6 Å². The second-order valence-electron chi connectivity index (χ2n) is 1.39. The quantitative estimate of drug-likeness (QED) is 0.536. The minimum atomic E-state index is -0.128. The molecule has 5 heteroatoms. The van der Waals surface area contributed by atoms with Crippen molar-refractivity contribution in [3.05, 3.63) is 0 Å². The third kappa shape index (κ3) is 38.2. The monoisotopic (exact) mass is 209 g/mol. The molecule has 0 aliphatic heterocycles. The molecule has 0 heterocycles. The van der Waals surface area contributed by atoms with Crippen LogP contribution in [0.5, 0.6) is 0 Å². The van der Waals surface area contributed by atoms with E-state index in [1.165, 1.54) is 14.2 Å². The average molecular weight is 209 g/mol. The Bertz CT molecular complexity index is 35.6. The van der Waals surface area contributed by atoms with Crippen LogP contribution in [0.1, 0.15) is 0 Å². The van der Waals surface area contributed by atoms with Crippen LogP contribution in [0.15, 0.2) is 0 Å². The molecule has 4 nitrogen and oxygen atoms in total. The number of hydrogen-bond acceptors (Lipinski definition) is 4. The van der Waals surface area contributed by atoms with Crippen molar-refractivity contribution in [1.29, 1.82) is 0 Å². The molecule has 11 heavy (non-hydrogen) atoms. The summed E-state index contributed by atoms with van der Waals surface area (Å²) in [6.45, 7) is 0.410. The second-order valence-corrected chi connectivity index (χ2v) is 1.39. The summed E-state index contributed by atoms with van der Waals surface area (Å²) < 4.78 is 8.76. The van der Waals surface area contributed by atoms with Gasteiger partial charge in [0.15, 0.2) is 0 Å². The zero-order valence-electron chi connectivity index (χ0n) is 6.79. The molecular formula is C6H14CoO4. The molecule has 0 atom stereocenters. The third-order valence-electron chi connectivity index (χ3n) is 0.575. The summed E-state index contributed by atoms with van der Waals surface area (Å²) in [5.41, 5.74) is 0. The van der Waals surface area contributed by atoms with Crippen molar-refractivity contribution in [3.63, 3.8) is 0 Å². The van der Waals surface area contributed by atoms with Gasteiger partial charge in [0.05, 0.1) is 0 Å². The van der Waals surface area contributed by atoms with Gasteiger partial charge in [-0.2, -0.15) is 0 Å². The Kier molecular flexibility index (Phi) is 35.6. The SMILES string of the molecule is COCC[O-].COCC[O-].[Co+2]. The van der Waals surface area contributed by atoms with Crippen LogP contribution in [0.25, 0.3) is 0 Å². The van der Waals surface area contributed by atoms with Crippen molar-refractivity contribution in [2.45, 2.75) is 0 Å². The molecule has 1 radical (unpaired) electrons.